The molecule has 2 aliphatic rings. The number of hydrogen-bond donors (Lipinski definition) is 3. The van der Waals surface area contributed by atoms with Gasteiger partial charge >= 0.3 is 5.97 Å². The standard InChI is InChI=1S/C17H18F2N4O3/c18-11-13(21)10-14(12(19)15(11)22-4-3-7(20)5-22)23(8-1-2-8)6-9(16(10)24)17(25)26/h6-8H,1-5,20-21H2,(H,25,26)/t7-/m0/s1. The van der Waals surface area contributed by atoms with Crippen LogP contribution in [0.4, 0.5) is 20.2 Å². The summed E-state index contributed by atoms with van der Waals surface area (Å²) in [4.78, 5) is 25.4. The minimum atomic E-state index is -1.46. The molecule has 4 rings (SSSR count). The van der Waals surface area contributed by atoms with Gasteiger partial charge in [0.25, 0.3) is 0 Å². The van der Waals surface area contributed by atoms with Crippen LogP contribution in [-0.2, 0) is 0 Å². The molecular formula is C17H18F2N4O3. The first kappa shape index (κ1) is 16.8. The van der Waals surface area contributed by atoms with Crippen LogP contribution in [0.15, 0.2) is 11.0 Å². The van der Waals surface area contributed by atoms with Gasteiger partial charge in [-0.3, -0.25) is 4.79 Å². The highest BCUT2D eigenvalue weighted by Gasteiger charge is 2.34. The van der Waals surface area contributed by atoms with Crippen molar-refractivity contribution in [3.63, 3.8) is 0 Å². The van der Waals surface area contributed by atoms with E-state index in [0.29, 0.717) is 13.0 Å². The van der Waals surface area contributed by atoms with Crippen molar-refractivity contribution in [3.05, 3.63) is 33.6 Å². The van der Waals surface area contributed by atoms with E-state index in [4.69, 9.17) is 11.5 Å². The molecule has 9 heteroatoms. The summed E-state index contributed by atoms with van der Waals surface area (Å²) < 4.78 is 31.7. The molecule has 0 spiro atoms. The number of fused-ring (bicyclic) bond motifs is 1. The van der Waals surface area contributed by atoms with Gasteiger partial charge in [-0.25, -0.2) is 13.6 Å². The lowest BCUT2D eigenvalue weighted by Crippen LogP contribution is -2.29. The second kappa shape index (κ2) is 5.66. The first-order valence-corrected chi connectivity index (χ1v) is 8.40. The van der Waals surface area contributed by atoms with Crippen LogP contribution in [0.5, 0.6) is 0 Å². The number of aromatic nitrogens is 1. The van der Waals surface area contributed by atoms with E-state index in [-0.39, 0.29) is 29.8 Å². The number of carboxylic acid groups (broad SMARTS) is 1. The zero-order valence-electron chi connectivity index (χ0n) is 13.8. The second-order valence-electron chi connectivity index (χ2n) is 6.92. The molecule has 5 N–H and O–H groups in total. The topological polar surface area (TPSA) is 115 Å². The van der Waals surface area contributed by atoms with Crippen molar-refractivity contribution >= 4 is 28.2 Å². The van der Waals surface area contributed by atoms with Gasteiger partial charge in [0, 0.05) is 31.4 Å². The summed E-state index contributed by atoms with van der Waals surface area (Å²) in [5.41, 5.74) is 9.18. The summed E-state index contributed by atoms with van der Waals surface area (Å²) >= 11 is 0. The molecule has 1 aromatic carbocycles. The summed E-state index contributed by atoms with van der Waals surface area (Å²) in [6.45, 7) is 0.653. The molecule has 2 fully saturated rings. The molecular weight excluding hydrogens is 346 g/mol. The number of nitrogens with two attached hydrogens (primary N) is 2. The Balaban J connectivity index is 2.09. The normalized spacial score (nSPS) is 20.1. The lowest BCUT2D eigenvalue weighted by atomic mass is 10.1. The maximum Gasteiger partial charge on any atom is 0.341 e. The highest BCUT2D eigenvalue weighted by Crippen LogP contribution is 2.42. The summed E-state index contributed by atoms with van der Waals surface area (Å²) in [6, 6.07) is -0.338. The Bertz CT molecular complexity index is 1000. The Morgan fingerprint density at radius 2 is 1.92 bits per heavy atom. The molecule has 1 aromatic heterocycles. The predicted octanol–water partition coefficient (Wildman–Crippen LogP) is 1.43. The molecule has 1 saturated heterocycles. The van der Waals surface area contributed by atoms with Crippen molar-refractivity contribution in [2.75, 3.05) is 23.7 Å². The number of nitrogen functional groups attached to an aromatic ring is 1. The monoisotopic (exact) mass is 364 g/mol. The molecule has 2 heterocycles. The molecule has 1 saturated carbocycles. The molecule has 0 bridgehead atoms. The van der Waals surface area contributed by atoms with Crippen LogP contribution in [0, 0.1) is 11.6 Å². The number of nitrogens with zero attached hydrogens (tertiary/aromatic N) is 2. The van der Waals surface area contributed by atoms with Crippen LogP contribution in [-0.4, -0.2) is 34.8 Å². The van der Waals surface area contributed by atoms with Crippen LogP contribution in [0.2, 0.25) is 0 Å². The SMILES string of the molecule is Nc1c(F)c(N2CC[C@H](N)C2)c(F)c2c1c(=O)c(C(=O)O)cn2C1CC1. The van der Waals surface area contributed by atoms with E-state index in [2.05, 4.69) is 0 Å². The first-order chi connectivity index (χ1) is 12.3. The molecule has 1 aliphatic heterocycles. The van der Waals surface area contributed by atoms with E-state index >= 15 is 4.39 Å². The zero-order valence-corrected chi connectivity index (χ0v) is 13.8. The molecule has 0 unspecified atom stereocenters. The van der Waals surface area contributed by atoms with Gasteiger partial charge in [-0.1, -0.05) is 0 Å². The molecule has 26 heavy (non-hydrogen) atoms. The van der Waals surface area contributed by atoms with E-state index in [0.717, 1.165) is 19.0 Å². The number of pyridine rings is 1. The fourth-order valence-corrected chi connectivity index (χ4v) is 3.61. The van der Waals surface area contributed by atoms with Gasteiger partial charge in [-0.05, 0) is 19.3 Å². The highest BCUT2D eigenvalue weighted by molar-refractivity contribution is 5.99. The number of benzene rings is 1. The molecule has 1 atom stereocenters. The number of rotatable bonds is 3. The predicted molar refractivity (Wildman–Crippen MR) is 92.6 cm³/mol. The summed E-state index contributed by atoms with van der Waals surface area (Å²) in [5.74, 6) is -3.41. The summed E-state index contributed by atoms with van der Waals surface area (Å²) in [6.07, 6.45) is 3.16. The van der Waals surface area contributed by atoms with Crippen molar-refractivity contribution in [1.82, 2.24) is 4.57 Å². The smallest absolute Gasteiger partial charge is 0.341 e. The second-order valence-corrected chi connectivity index (χ2v) is 6.92. The van der Waals surface area contributed by atoms with E-state index < -0.39 is 39.7 Å². The largest absolute Gasteiger partial charge is 0.477 e. The minimum absolute atomic E-state index is 0.135. The Morgan fingerprint density at radius 1 is 1.23 bits per heavy atom. The Kier molecular flexibility index (Phi) is 3.65. The average molecular weight is 364 g/mol. The number of halogens is 2. The van der Waals surface area contributed by atoms with E-state index in [1.165, 1.54) is 9.47 Å². The van der Waals surface area contributed by atoms with Gasteiger partial charge in [0.1, 0.15) is 11.3 Å². The number of anilines is 2. The molecule has 1 aliphatic carbocycles. The Hall–Kier alpha value is -2.68. The molecule has 0 radical (unpaired) electrons. The zero-order chi connectivity index (χ0) is 18.7. The van der Waals surface area contributed by atoms with E-state index in [9.17, 15) is 19.1 Å². The van der Waals surface area contributed by atoms with Gasteiger partial charge < -0.3 is 26.0 Å². The number of hydrogen-bond acceptors (Lipinski definition) is 5. The van der Waals surface area contributed by atoms with Crippen LogP contribution in [0.1, 0.15) is 35.7 Å². The third-order valence-electron chi connectivity index (χ3n) is 5.08. The Morgan fingerprint density at radius 3 is 2.46 bits per heavy atom. The van der Waals surface area contributed by atoms with Crippen LogP contribution in [0.25, 0.3) is 10.9 Å². The Labute approximate surface area is 146 Å². The highest BCUT2D eigenvalue weighted by atomic mass is 19.1. The molecule has 7 nitrogen and oxygen atoms in total. The fourth-order valence-electron chi connectivity index (χ4n) is 3.61. The molecule has 138 valence electrons. The number of carboxylic acids is 1. The van der Waals surface area contributed by atoms with Crippen LogP contribution < -0.4 is 21.8 Å². The minimum Gasteiger partial charge on any atom is -0.477 e. The lowest BCUT2D eigenvalue weighted by Gasteiger charge is -2.23. The van der Waals surface area contributed by atoms with Crippen LogP contribution >= 0.6 is 0 Å². The van der Waals surface area contributed by atoms with E-state index in [1.54, 1.807) is 0 Å². The van der Waals surface area contributed by atoms with Gasteiger partial charge in [0.2, 0.25) is 5.43 Å². The average Bonchev–Trinajstić information content (AvgIpc) is 3.34. The molecule has 2 aromatic rings. The van der Waals surface area contributed by atoms with Crippen LogP contribution in [0.3, 0.4) is 0 Å². The first-order valence-electron chi connectivity index (χ1n) is 8.40. The number of carbonyl (C=O) groups is 1. The fraction of sp³-hybridized carbons (Fsp3) is 0.412. The van der Waals surface area contributed by atoms with Gasteiger partial charge in [-0.15, -0.1) is 0 Å². The maximum absolute atomic E-state index is 15.4. The summed E-state index contributed by atoms with van der Waals surface area (Å²) in [5, 5.41) is 8.86. The maximum atomic E-state index is 15.4. The third-order valence-corrected chi connectivity index (χ3v) is 5.08. The molecule has 0 amide bonds. The van der Waals surface area contributed by atoms with Crippen molar-refractivity contribution in [3.8, 4) is 0 Å². The quantitative estimate of drug-likeness (QED) is 0.710. The summed E-state index contributed by atoms with van der Waals surface area (Å²) in [7, 11) is 0. The van der Waals surface area contributed by atoms with Gasteiger partial charge in [0.15, 0.2) is 11.6 Å². The lowest BCUT2D eigenvalue weighted by molar-refractivity contribution is 0.0695. The third kappa shape index (κ3) is 2.34. The number of aromatic carboxylic acids is 1. The van der Waals surface area contributed by atoms with Crippen molar-refractivity contribution in [2.24, 2.45) is 5.73 Å². The van der Waals surface area contributed by atoms with Crippen molar-refractivity contribution in [1.29, 1.82) is 0 Å². The van der Waals surface area contributed by atoms with Crippen molar-refractivity contribution in [2.45, 2.75) is 31.3 Å². The van der Waals surface area contributed by atoms with Gasteiger partial charge in [0.05, 0.1) is 16.6 Å². The van der Waals surface area contributed by atoms with Gasteiger partial charge in [-0.2, -0.15) is 0 Å². The van der Waals surface area contributed by atoms with E-state index in [1.807, 2.05) is 0 Å². The van der Waals surface area contributed by atoms with Crippen molar-refractivity contribution < 1.29 is 18.7 Å².